The average Bonchev–Trinajstić information content (AvgIpc) is 2.23. The summed E-state index contributed by atoms with van der Waals surface area (Å²) in [6, 6.07) is 0. The molecule has 1 nitrogen and oxygen atoms in total. The van der Waals surface area contributed by atoms with Gasteiger partial charge in [-0.2, -0.15) is 0 Å². The van der Waals surface area contributed by atoms with Crippen molar-refractivity contribution in [1.29, 1.82) is 0 Å². The first kappa shape index (κ1) is 16.0. The highest BCUT2D eigenvalue weighted by Gasteiger charge is 2.28. The molecule has 0 aromatic rings. The third-order valence-electron chi connectivity index (χ3n) is 2.08. The number of hydrogen-bond donors (Lipinski definition) is 1. The van der Waals surface area contributed by atoms with E-state index in [-0.39, 0.29) is 0 Å². The van der Waals surface area contributed by atoms with Gasteiger partial charge >= 0.3 is 0 Å². The van der Waals surface area contributed by atoms with Crippen molar-refractivity contribution in [1.82, 2.24) is 0 Å². The molecule has 0 rings (SSSR count). The van der Waals surface area contributed by atoms with Crippen LogP contribution in [0.5, 0.6) is 0 Å². The summed E-state index contributed by atoms with van der Waals surface area (Å²) in [7, 11) is 0. The Morgan fingerprint density at radius 2 is 2.13 bits per heavy atom. The predicted molar refractivity (Wildman–Crippen MR) is 75.3 cm³/mol. The number of aliphatic hydroxyl groups is 1. The Kier molecular flexibility index (Phi) is 7.81. The molecule has 0 bridgehead atoms. The second kappa shape index (κ2) is 7.33. The summed E-state index contributed by atoms with van der Waals surface area (Å²) in [5, 5.41) is 10.5. The van der Waals surface area contributed by atoms with E-state index in [4.69, 9.17) is 23.2 Å². The van der Waals surface area contributed by atoms with Crippen LogP contribution < -0.4 is 0 Å². The van der Waals surface area contributed by atoms with Gasteiger partial charge in [0.2, 0.25) is 0 Å². The van der Waals surface area contributed by atoms with E-state index in [1.165, 1.54) is 0 Å². The van der Waals surface area contributed by atoms with Crippen molar-refractivity contribution < 1.29 is 5.11 Å². The Labute approximate surface area is 118 Å². The summed E-state index contributed by atoms with van der Waals surface area (Å²) in [4.78, 5) is 1.64. The van der Waals surface area contributed by atoms with E-state index in [1.807, 2.05) is 19.9 Å². The van der Waals surface area contributed by atoms with Crippen LogP contribution in [0.1, 0.15) is 20.3 Å². The second-order valence-corrected chi connectivity index (χ2v) is 6.45. The van der Waals surface area contributed by atoms with Crippen molar-refractivity contribution in [2.75, 3.05) is 5.88 Å². The quantitative estimate of drug-likeness (QED) is 0.548. The van der Waals surface area contributed by atoms with Crippen molar-refractivity contribution >= 4 is 55.1 Å². The van der Waals surface area contributed by atoms with Gasteiger partial charge in [0.1, 0.15) is 0 Å². The maximum atomic E-state index is 9.83. The van der Waals surface area contributed by atoms with Gasteiger partial charge in [-0.15, -0.1) is 11.6 Å². The molecule has 0 aromatic heterocycles. The highest BCUT2D eigenvalue weighted by Crippen LogP contribution is 2.27. The number of halogens is 4. The van der Waals surface area contributed by atoms with Crippen LogP contribution in [-0.2, 0) is 0 Å². The number of rotatable bonds is 5. The molecule has 0 aliphatic heterocycles. The second-order valence-electron chi connectivity index (χ2n) is 3.51. The highest BCUT2D eigenvalue weighted by molar-refractivity contribution is 9.11. The topological polar surface area (TPSA) is 20.2 Å². The molecule has 0 amide bonds. The average molecular weight is 381 g/mol. The Bertz CT molecular complexity index is 262. The molecule has 88 valence electrons. The zero-order valence-electron chi connectivity index (χ0n) is 8.61. The maximum absolute atomic E-state index is 9.83. The van der Waals surface area contributed by atoms with Crippen LogP contribution in [-0.4, -0.2) is 21.4 Å². The van der Waals surface area contributed by atoms with Crippen molar-refractivity contribution in [3.05, 3.63) is 21.7 Å². The lowest BCUT2D eigenvalue weighted by atomic mass is 10.0. The van der Waals surface area contributed by atoms with Crippen LogP contribution >= 0.6 is 55.1 Å². The number of allylic oxidation sites excluding steroid dienone is 2. The van der Waals surface area contributed by atoms with Gasteiger partial charge in [0.05, 0.1) is 15.5 Å². The van der Waals surface area contributed by atoms with E-state index in [1.54, 1.807) is 4.99 Å². The molecule has 0 radical (unpaired) electrons. The first-order chi connectivity index (χ1) is 6.85. The van der Waals surface area contributed by atoms with Gasteiger partial charge in [-0.1, -0.05) is 49.5 Å². The molecule has 0 heterocycles. The summed E-state index contributed by atoms with van der Waals surface area (Å²) in [5.74, 6) is 0.350. The monoisotopic (exact) mass is 378 g/mol. The summed E-state index contributed by atoms with van der Waals surface area (Å²) < 4.78 is -0.462. The van der Waals surface area contributed by atoms with E-state index in [0.29, 0.717) is 17.3 Å². The molecule has 0 unspecified atom stereocenters. The van der Waals surface area contributed by atoms with Gasteiger partial charge in [-0.25, -0.2) is 0 Å². The first-order valence-electron chi connectivity index (χ1n) is 4.41. The largest absolute Gasteiger partial charge is 0.391 e. The van der Waals surface area contributed by atoms with E-state index < -0.39 is 10.4 Å². The van der Waals surface area contributed by atoms with E-state index >= 15 is 0 Å². The fraction of sp³-hybridized carbons (Fsp3) is 0.600. The fourth-order valence-corrected chi connectivity index (χ4v) is 1.61. The first-order valence-corrected chi connectivity index (χ1v) is 7.03. The zero-order valence-corrected chi connectivity index (χ0v) is 13.3. The minimum absolute atomic E-state index is 0.350. The van der Waals surface area contributed by atoms with Gasteiger partial charge in [-0.3, -0.25) is 0 Å². The Morgan fingerprint density at radius 3 is 2.53 bits per heavy atom. The minimum Gasteiger partial charge on any atom is -0.391 e. The summed E-state index contributed by atoms with van der Waals surface area (Å²) in [5.41, 5.74) is 0.922. The van der Waals surface area contributed by atoms with Gasteiger partial charge in [0.15, 0.2) is 0 Å². The minimum atomic E-state index is -0.537. The van der Waals surface area contributed by atoms with Crippen molar-refractivity contribution in [3.63, 3.8) is 0 Å². The molecular weight excluding hydrogens is 367 g/mol. The zero-order chi connectivity index (χ0) is 12.1. The third-order valence-corrected chi connectivity index (χ3v) is 4.89. The normalized spacial score (nSPS) is 19.9. The standard InChI is InChI=1S/C10H14Br2Cl2O/c1-7(8(14)5-11)3-4-9(15)10(2,12)6-13/h3,5,9,15H,4,6H2,1-2H3/b7-3-,8-5-/t9-,10-/m1/s1. The van der Waals surface area contributed by atoms with Gasteiger partial charge in [-0.05, 0) is 25.8 Å². The smallest absolute Gasteiger partial charge is 0.0736 e. The van der Waals surface area contributed by atoms with Crippen LogP contribution in [0.3, 0.4) is 0 Å². The molecule has 0 fully saturated rings. The molecule has 0 saturated carbocycles. The summed E-state index contributed by atoms with van der Waals surface area (Å²) >= 11 is 18.1. The van der Waals surface area contributed by atoms with Gasteiger partial charge in [0.25, 0.3) is 0 Å². The highest BCUT2D eigenvalue weighted by atomic mass is 79.9. The van der Waals surface area contributed by atoms with Crippen molar-refractivity contribution in [2.24, 2.45) is 0 Å². The lowest BCUT2D eigenvalue weighted by Gasteiger charge is -2.25. The molecule has 5 heteroatoms. The Hall–Kier alpha value is 0.980. The molecule has 0 aliphatic rings. The van der Waals surface area contributed by atoms with Gasteiger partial charge < -0.3 is 5.11 Å². The van der Waals surface area contributed by atoms with Crippen molar-refractivity contribution in [3.8, 4) is 0 Å². The lowest BCUT2D eigenvalue weighted by Crippen LogP contribution is -2.34. The predicted octanol–water partition coefficient (Wildman–Crippen LogP) is 4.55. The molecule has 2 atom stereocenters. The summed E-state index contributed by atoms with van der Waals surface area (Å²) in [6.07, 6.45) is 1.86. The van der Waals surface area contributed by atoms with Crippen LogP contribution in [0.4, 0.5) is 0 Å². The van der Waals surface area contributed by atoms with Crippen molar-refractivity contribution in [2.45, 2.75) is 30.7 Å². The van der Waals surface area contributed by atoms with E-state index in [2.05, 4.69) is 31.9 Å². The molecule has 0 aromatic carbocycles. The number of aliphatic hydroxyl groups excluding tert-OH is 1. The van der Waals surface area contributed by atoms with Crippen LogP contribution in [0.15, 0.2) is 21.7 Å². The van der Waals surface area contributed by atoms with Crippen LogP contribution in [0.25, 0.3) is 0 Å². The Balaban J connectivity index is 4.39. The third kappa shape index (κ3) is 5.73. The van der Waals surface area contributed by atoms with E-state index in [0.717, 1.165) is 5.57 Å². The summed E-state index contributed by atoms with van der Waals surface area (Å²) in [6.45, 7) is 3.74. The SMILES string of the molecule is CC(=C/C[C@@H](O)[C@](C)(Br)CCl)/C(Cl)=C/Br. The van der Waals surface area contributed by atoms with E-state index in [9.17, 15) is 5.11 Å². The lowest BCUT2D eigenvalue weighted by molar-refractivity contribution is 0.149. The number of hydrogen-bond acceptors (Lipinski definition) is 1. The molecular formula is C10H14Br2Cl2O. The molecule has 0 saturated heterocycles. The molecule has 15 heavy (non-hydrogen) atoms. The number of alkyl halides is 2. The van der Waals surface area contributed by atoms with Gasteiger partial charge in [0, 0.05) is 10.9 Å². The maximum Gasteiger partial charge on any atom is 0.0736 e. The molecule has 0 spiro atoms. The fourth-order valence-electron chi connectivity index (χ4n) is 0.807. The molecule has 1 N–H and O–H groups in total. The molecule has 0 aliphatic carbocycles. The van der Waals surface area contributed by atoms with Crippen LogP contribution in [0, 0.1) is 0 Å². The Morgan fingerprint density at radius 1 is 1.60 bits per heavy atom. The van der Waals surface area contributed by atoms with Crippen LogP contribution in [0.2, 0.25) is 0 Å².